The van der Waals surface area contributed by atoms with Gasteiger partial charge in [-0.2, -0.15) is 0 Å². The topological polar surface area (TPSA) is 9.23 Å². The van der Waals surface area contributed by atoms with Gasteiger partial charge in [-0.05, 0) is 48.7 Å². The van der Waals surface area contributed by atoms with Gasteiger partial charge < -0.3 is 4.74 Å². The highest BCUT2D eigenvalue weighted by molar-refractivity contribution is 6.30. The van der Waals surface area contributed by atoms with Crippen molar-refractivity contribution >= 4 is 11.6 Å². The van der Waals surface area contributed by atoms with Crippen molar-refractivity contribution in [3.8, 4) is 16.9 Å². The third kappa shape index (κ3) is 1.99. The minimum Gasteiger partial charge on any atom is -0.489 e. The molecule has 0 aromatic heterocycles. The van der Waals surface area contributed by atoms with Crippen molar-refractivity contribution in [1.82, 2.24) is 0 Å². The van der Waals surface area contributed by atoms with E-state index in [0.29, 0.717) is 0 Å². The highest BCUT2D eigenvalue weighted by Crippen LogP contribution is 2.39. The maximum Gasteiger partial charge on any atom is 0.130 e. The molecule has 0 saturated heterocycles. The minimum absolute atomic E-state index is 0.271. The number of hydrogen-bond acceptors (Lipinski definition) is 1. The molecule has 0 aliphatic carbocycles. The molecule has 0 amide bonds. The van der Waals surface area contributed by atoms with Crippen LogP contribution in [-0.2, 0) is 6.42 Å². The standard InChI is InChI=1S/C16H15ClO/c1-10-7-13-9-11(2)18-16(13)15(8-10)12-3-5-14(17)6-4-12/h3-8,11H,9H2,1-2H3. The van der Waals surface area contributed by atoms with Crippen LogP contribution in [0.1, 0.15) is 18.1 Å². The van der Waals surface area contributed by atoms with E-state index < -0.39 is 0 Å². The summed E-state index contributed by atoms with van der Waals surface area (Å²) in [7, 11) is 0. The molecule has 1 unspecified atom stereocenters. The van der Waals surface area contributed by atoms with Crippen molar-refractivity contribution in [2.45, 2.75) is 26.4 Å². The average Bonchev–Trinajstić information content (AvgIpc) is 2.69. The maximum absolute atomic E-state index is 5.94. The molecule has 0 saturated carbocycles. The van der Waals surface area contributed by atoms with Crippen LogP contribution in [0.25, 0.3) is 11.1 Å². The second-order valence-electron chi connectivity index (χ2n) is 4.94. The predicted molar refractivity (Wildman–Crippen MR) is 75.4 cm³/mol. The zero-order valence-corrected chi connectivity index (χ0v) is 11.3. The van der Waals surface area contributed by atoms with Gasteiger partial charge in [0.1, 0.15) is 11.9 Å². The minimum atomic E-state index is 0.271. The van der Waals surface area contributed by atoms with Crippen LogP contribution >= 0.6 is 11.6 Å². The molecular weight excluding hydrogens is 244 g/mol. The third-order valence-corrected chi connectivity index (χ3v) is 3.54. The van der Waals surface area contributed by atoms with Crippen LogP contribution in [0.3, 0.4) is 0 Å². The number of benzene rings is 2. The highest BCUT2D eigenvalue weighted by Gasteiger charge is 2.23. The normalized spacial score (nSPS) is 17.4. The van der Waals surface area contributed by atoms with E-state index >= 15 is 0 Å². The van der Waals surface area contributed by atoms with Crippen molar-refractivity contribution in [1.29, 1.82) is 0 Å². The molecule has 0 bridgehead atoms. The van der Waals surface area contributed by atoms with E-state index in [1.54, 1.807) is 0 Å². The van der Waals surface area contributed by atoms with Gasteiger partial charge in [-0.15, -0.1) is 0 Å². The van der Waals surface area contributed by atoms with Gasteiger partial charge in [0.05, 0.1) is 0 Å². The van der Waals surface area contributed by atoms with Gasteiger partial charge in [0.15, 0.2) is 0 Å². The van der Waals surface area contributed by atoms with Crippen LogP contribution < -0.4 is 4.74 Å². The summed E-state index contributed by atoms with van der Waals surface area (Å²) in [5.41, 5.74) is 4.92. The Kier molecular flexibility index (Phi) is 2.79. The second-order valence-corrected chi connectivity index (χ2v) is 5.38. The first-order chi connectivity index (χ1) is 8.63. The summed E-state index contributed by atoms with van der Waals surface area (Å²) in [6.07, 6.45) is 1.27. The van der Waals surface area contributed by atoms with Gasteiger partial charge in [0.2, 0.25) is 0 Å². The van der Waals surface area contributed by atoms with Crippen molar-refractivity contribution in [3.63, 3.8) is 0 Å². The van der Waals surface area contributed by atoms with Crippen molar-refractivity contribution in [3.05, 3.63) is 52.5 Å². The average molecular weight is 259 g/mol. The Bertz CT molecular complexity index is 587. The Morgan fingerprint density at radius 2 is 1.89 bits per heavy atom. The zero-order valence-electron chi connectivity index (χ0n) is 10.5. The highest BCUT2D eigenvalue weighted by atomic mass is 35.5. The Hall–Kier alpha value is -1.47. The van der Waals surface area contributed by atoms with Crippen molar-refractivity contribution in [2.75, 3.05) is 0 Å². The summed E-state index contributed by atoms with van der Waals surface area (Å²) in [6, 6.07) is 12.3. The molecule has 92 valence electrons. The summed E-state index contributed by atoms with van der Waals surface area (Å²) in [4.78, 5) is 0. The second kappa shape index (κ2) is 4.33. The number of ether oxygens (including phenoxy) is 1. The summed E-state index contributed by atoms with van der Waals surface area (Å²) >= 11 is 5.94. The zero-order chi connectivity index (χ0) is 12.7. The lowest BCUT2D eigenvalue weighted by molar-refractivity contribution is 0.255. The van der Waals surface area contributed by atoms with Gasteiger partial charge in [-0.1, -0.05) is 29.8 Å². The first-order valence-electron chi connectivity index (χ1n) is 6.19. The molecule has 2 aromatic rings. The maximum atomic E-state index is 5.94. The SMILES string of the molecule is Cc1cc2c(c(-c3ccc(Cl)cc3)c1)OC(C)C2. The van der Waals surface area contributed by atoms with Crippen molar-refractivity contribution in [2.24, 2.45) is 0 Å². The molecule has 3 rings (SSSR count). The van der Waals surface area contributed by atoms with E-state index in [4.69, 9.17) is 16.3 Å². The van der Waals surface area contributed by atoms with E-state index in [0.717, 1.165) is 22.8 Å². The van der Waals surface area contributed by atoms with Crippen LogP contribution in [-0.4, -0.2) is 6.10 Å². The monoisotopic (exact) mass is 258 g/mol. The molecule has 1 heterocycles. The summed E-state index contributed by atoms with van der Waals surface area (Å²) in [6.45, 7) is 4.24. The molecule has 18 heavy (non-hydrogen) atoms. The molecule has 1 aliphatic rings. The fraction of sp³-hybridized carbons (Fsp3) is 0.250. The summed E-state index contributed by atoms with van der Waals surface area (Å²) in [5.74, 6) is 1.04. The molecule has 2 aromatic carbocycles. The van der Waals surface area contributed by atoms with Gasteiger partial charge in [-0.25, -0.2) is 0 Å². The number of halogens is 1. The van der Waals surface area contributed by atoms with E-state index in [1.807, 2.05) is 24.3 Å². The fourth-order valence-corrected chi connectivity index (χ4v) is 2.66. The largest absolute Gasteiger partial charge is 0.489 e. The van der Waals surface area contributed by atoms with Crippen molar-refractivity contribution < 1.29 is 4.74 Å². The number of fused-ring (bicyclic) bond motifs is 1. The molecule has 0 radical (unpaired) electrons. The van der Waals surface area contributed by atoms with Crippen LogP contribution in [0.4, 0.5) is 0 Å². The molecular formula is C16H15ClO. The van der Waals surface area contributed by atoms with Gasteiger partial charge >= 0.3 is 0 Å². The van der Waals surface area contributed by atoms with Gasteiger partial charge in [0.25, 0.3) is 0 Å². The predicted octanol–water partition coefficient (Wildman–Crippen LogP) is 4.64. The van der Waals surface area contributed by atoms with Gasteiger partial charge in [-0.3, -0.25) is 0 Å². The molecule has 1 aliphatic heterocycles. The molecule has 2 heteroatoms. The third-order valence-electron chi connectivity index (χ3n) is 3.29. The lowest BCUT2D eigenvalue weighted by Gasteiger charge is -2.11. The fourth-order valence-electron chi connectivity index (χ4n) is 2.54. The molecule has 0 spiro atoms. The Morgan fingerprint density at radius 3 is 2.61 bits per heavy atom. The number of hydrogen-bond donors (Lipinski definition) is 0. The van der Waals surface area contributed by atoms with E-state index in [9.17, 15) is 0 Å². The molecule has 1 atom stereocenters. The van der Waals surface area contributed by atoms with Crippen LogP contribution in [0.2, 0.25) is 5.02 Å². The quantitative estimate of drug-likeness (QED) is 0.724. The Morgan fingerprint density at radius 1 is 1.17 bits per heavy atom. The van der Waals surface area contributed by atoms with Gasteiger partial charge in [0, 0.05) is 17.0 Å². The lowest BCUT2D eigenvalue weighted by Crippen LogP contribution is -2.05. The Balaban J connectivity index is 2.15. The molecule has 1 nitrogen and oxygen atoms in total. The molecule has 0 fully saturated rings. The smallest absolute Gasteiger partial charge is 0.130 e. The van der Waals surface area contributed by atoms with E-state index in [1.165, 1.54) is 16.7 Å². The van der Waals surface area contributed by atoms with Crippen LogP contribution in [0, 0.1) is 6.92 Å². The first-order valence-corrected chi connectivity index (χ1v) is 6.57. The van der Waals surface area contributed by atoms with Crippen LogP contribution in [0.15, 0.2) is 36.4 Å². The summed E-state index contributed by atoms with van der Waals surface area (Å²) in [5, 5.41) is 0.761. The van der Waals surface area contributed by atoms with Crippen LogP contribution in [0.5, 0.6) is 5.75 Å². The molecule has 0 N–H and O–H groups in total. The Labute approximate surface area is 112 Å². The number of rotatable bonds is 1. The number of aryl methyl sites for hydroxylation is 1. The first kappa shape index (κ1) is 11.6. The van der Waals surface area contributed by atoms with E-state index in [-0.39, 0.29) is 6.10 Å². The lowest BCUT2D eigenvalue weighted by atomic mass is 9.98. The van der Waals surface area contributed by atoms with E-state index in [2.05, 4.69) is 26.0 Å². The summed E-state index contributed by atoms with van der Waals surface area (Å²) < 4.78 is 5.94.